The summed E-state index contributed by atoms with van der Waals surface area (Å²) in [6, 6.07) is 8.30. The molecule has 2 aromatic rings. The highest BCUT2D eigenvalue weighted by Crippen LogP contribution is 2.17. The number of para-hydroxylation sites is 1. The third-order valence-corrected chi connectivity index (χ3v) is 3.94. The lowest BCUT2D eigenvalue weighted by Gasteiger charge is -2.07. The smallest absolute Gasteiger partial charge is 0.288 e. The van der Waals surface area contributed by atoms with Gasteiger partial charge in [0.15, 0.2) is 5.13 Å². The minimum absolute atomic E-state index is 0.00651. The van der Waals surface area contributed by atoms with Crippen molar-refractivity contribution in [1.29, 1.82) is 0 Å². The molecule has 0 aliphatic rings. The van der Waals surface area contributed by atoms with E-state index in [9.17, 15) is 13.2 Å². The molecule has 0 saturated carbocycles. The van der Waals surface area contributed by atoms with Gasteiger partial charge in [-0.1, -0.05) is 18.2 Å². The van der Waals surface area contributed by atoms with Gasteiger partial charge in [-0.2, -0.15) is 8.42 Å². The van der Waals surface area contributed by atoms with E-state index < -0.39 is 16.1 Å². The molecule has 20 heavy (non-hydrogen) atoms. The minimum Gasteiger partial charge on any atom is -0.288 e. The van der Waals surface area contributed by atoms with E-state index in [2.05, 4.69) is 14.4 Å². The largest absolute Gasteiger partial charge is 0.323 e. The summed E-state index contributed by atoms with van der Waals surface area (Å²) in [5, 5.41) is 9.76. The molecule has 0 atom stereocenters. The van der Waals surface area contributed by atoms with Gasteiger partial charge in [0.05, 0.1) is 5.69 Å². The van der Waals surface area contributed by atoms with Crippen molar-refractivity contribution in [2.45, 2.75) is 0 Å². The molecule has 106 valence electrons. The van der Waals surface area contributed by atoms with Crippen molar-refractivity contribution in [1.82, 2.24) is 10.5 Å². The fraction of sp³-hybridized carbons (Fsp3) is 0. The van der Waals surface area contributed by atoms with Crippen LogP contribution < -0.4 is 14.9 Å². The van der Waals surface area contributed by atoms with Gasteiger partial charge < -0.3 is 0 Å². The second-order valence-electron chi connectivity index (χ2n) is 3.55. The molecular formula is C10H10N4O4S2. The molecule has 1 heterocycles. The molecule has 0 radical (unpaired) electrons. The van der Waals surface area contributed by atoms with Gasteiger partial charge in [-0.3, -0.25) is 14.7 Å². The summed E-state index contributed by atoms with van der Waals surface area (Å²) in [4.78, 5) is 14.8. The third kappa shape index (κ3) is 3.66. The quantitative estimate of drug-likeness (QED) is 0.485. The van der Waals surface area contributed by atoms with E-state index in [0.717, 1.165) is 11.3 Å². The van der Waals surface area contributed by atoms with Gasteiger partial charge in [-0.15, -0.1) is 11.3 Å². The van der Waals surface area contributed by atoms with Crippen molar-refractivity contribution in [3.05, 3.63) is 41.4 Å². The van der Waals surface area contributed by atoms with Crippen LogP contribution in [-0.4, -0.2) is 24.5 Å². The summed E-state index contributed by atoms with van der Waals surface area (Å²) in [5.74, 6) is -0.817. The van der Waals surface area contributed by atoms with Gasteiger partial charge in [0.1, 0.15) is 5.69 Å². The van der Waals surface area contributed by atoms with Crippen LogP contribution in [0.4, 0.5) is 10.8 Å². The molecule has 0 aliphatic heterocycles. The summed E-state index contributed by atoms with van der Waals surface area (Å²) in [5.41, 5.74) is 1.72. The number of hydrogen-bond acceptors (Lipinski definition) is 6. The maximum atomic E-state index is 11.8. The first-order valence-corrected chi connectivity index (χ1v) is 7.62. The third-order valence-electron chi connectivity index (χ3n) is 2.09. The Morgan fingerprint density at radius 1 is 1.20 bits per heavy atom. The Morgan fingerprint density at radius 3 is 2.55 bits per heavy atom. The number of thiazole rings is 1. The predicted octanol–water partition coefficient (Wildman–Crippen LogP) is 1.03. The lowest BCUT2D eigenvalue weighted by molar-refractivity contribution is 0.0701. The van der Waals surface area contributed by atoms with Crippen LogP contribution in [0.5, 0.6) is 0 Å². The normalized spacial score (nSPS) is 10.8. The van der Waals surface area contributed by atoms with Crippen molar-refractivity contribution < 1.29 is 18.4 Å². The van der Waals surface area contributed by atoms with Crippen molar-refractivity contribution >= 4 is 38.3 Å². The lowest BCUT2D eigenvalue weighted by atomic mass is 10.3. The molecule has 0 saturated heterocycles. The van der Waals surface area contributed by atoms with Crippen LogP contribution in [0.15, 0.2) is 35.7 Å². The van der Waals surface area contributed by atoms with Crippen LogP contribution in [0.25, 0.3) is 0 Å². The van der Waals surface area contributed by atoms with Crippen molar-refractivity contribution in [3.8, 4) is 0 Å². The van der Waals surface area contributed by atoms with Gasteiger partial charge in [-0.25, -0.2) is 15.2 Å². The number of amides is 1. The maximum Gasteiger partial charge on any atom is 0.323 e. The lowest BCUT2D eigenvalue weighted by Crippen LogP contribution is -2.22. The number of hydrogen-bond donors (Lipinski definition) is 4. The van der Waals surface area contributed by atoms with Gasteiger partial charge in [-0.05, 0) is 12.1 Å². The van der Waals surface area contributed by atoms with Crippen molar-refractivity contribution in [2.75, 3.05) is 9.44 Å². The van der Waals surface area contributed by atoms with Gasteiger partial charge in [0.25, 0.3) is 5.91 Å². The van der Waals surface area contributed by atoms with E-state index in [1.165, 1.54) is 10.9 Å². The van der Waals surface area contributed by atoms with E-state index in [1.54, 1.807) is 30.3 Å². The Kier molecular flexibility index (Phi) is 4.17. The fourth-order valence-corrected chi connectivity index (χ4v) is 3.11. The maximum absolute atomic E-state index is 11.8. The summed E-state index contributed by atoms with van der Waals surface area (Å²) in [6.45, 7) is 0. The summed E-state index contributed by atoms with van der Waals surface area (Å²) in [7, 11) is -3.85. The number of carbonyl (C=O) groups is 1. The zero-order chi connectivity index (χ0) is 14.6. The Balaban J connectivity index is 2.09. The van der Waals surface area contributed by atoms with Crippen LogP contribution in [-0.2, 0) is 10.2 Å². The highest BCUT2D eigenvalue weighted by Gasteiger charge is 2.15. The number of rotatable bonds is 5. The molecule has 2 rings (SSSR count). The molecule has 10 heteroatoms. The molecule has 8 nitrogen and oxygen atoms in total. The second-order valence-corrected chi connectivity index (χ2v) is 5.83. The Labute approximate surface area is 118 Å². The number of hydroxylamine groups is 1. The highest BCUT2D eigenvalue weighted by atomic mass is 32.2. The van der Waals surface area contributed by atoms with E-state index in [1.807, 2.05) is 0 Å². The zero-order valence-corrected chi connectivity index (χ0v) is 11.5. The molecule has 0 spiro atoms. The highest BCUT2D eigenvalue weighted by molar-refractivity contribution is 7.94. The molecule has 4 N–H and O–H groups in total. The summed E-state index contributed by atoms with van der Waals surface area (Å²) < 4.78 is 28.1. The predicted molar refractivity (Wildman–Crippen MR) is 74.0 cm³/mol. The monoisotopic (exact) mass is 314 g/mol. The van der Waals surface area contributed by atoms with Gasteiger partial charge >= 0.3 is 10.2 Å². The Hall–Kier alpha value is -2.17. The van der Waals surface area contributed by atoms with E-state index in [4.69, 9.17) is 5.21 Å². The molecule has 0 bridgehead atoms. The molecular weight excluding hydrogens is 304 g/mol. The second kappa shape index (κ2) is 5.86. The Morgan fingerprint density at radius 2 is 1.90 bits per heavy atom. The molecule has 1 aromatic heterocycles. The topological polar surface area (TPSA) is 120 Å². The van der Waals surface area contributed by atoms with Gasteiger partial charge in [0, 0.05) is 5.38 Å². The number of nitrogens with zero attached hydrogens (tertiary/aromatic N) is 1. The molecule has 0 fully saturated rings. The first kappa shape index (κ1) is 14.2. The zero-order valence-electron chi connectivity index (χ0n) is 9.90. The standard InChI is InChI=1S/C10H10N4O4S2/c15-9(12-16)8-6-19-10(11-8)14-20(17,18)13-7-4-2-1-3-5-7/h1-6,13,16H,(H,11,14)(H,12,15). The first-order valence-electron chi connectivity index (χ1n) is 5.26. The average Bonchev–Trinajstić information content (AvgIpc) is 2.86. The first-order chi connectivity index (χ1) is 9.50. The number of benzene rings is 1. The summed E-state index contributed by atoms with van der Waals surface area (Å²) in [6.07, 6.45) is 0. The fourth-order valence-electron chi connectivity index (χ4n) is 1.28. The van der Waals surface area contributed by atoms with Crippen molar-refractivity contribution in [2.24, 2.45) is 0 Å². The van der Waals surface area contributed by atoms with E-state index >= 15 is 0 Å². The van der Waals surface area contributed by atoms with Crippen molar-refractivity contribution in [3.63, 3.8) is 0 Å². The number of carbonyl (C=O) groups excluding carboxylic acids is 1. The molecule has 0 unspecified atom stereocenters. The summed E-state index contributed by atoms with van der Waals surface area (Å²) >= 11 is 0.917. The van der Waals surface area contributed by atoms with Crippen LogP contribution >= 0.6 is 11.3 Å². The average molecular weight is 314 g/mol. The SMILES string of the molecule is O=C(NO)c1csc(NS(=O)(=O)Nc2ccccc2)n1. The minimum atomic E-state index is -3.85. The van der Waals surface area contributed by atoms with Gasteiger partial charge in [0.2, 0.25) is 0 Å². The van der Waals surface area contributed by atoms with E-state index in [0.29, 0.717) is 5.69 Å². The van der Waals surface area contributed by atoms with E-state index in [-0.39, 0.29) is 10.8 Å². The number of aromatic nitrogens is 1. The Bertz CT molecular complexity index is 699. The van der Waals surface area contributed by atoms with Crippen LogP contribution in [0.3, 0.4) is 0 Å². The number of anilines is 2. The number of nitrogens with one attached hydrogen (secondary N) is 3. The van der Waals surface area contributed by atoms with Crippen LogP contribution in [0.1, 0.15) is 10.5 Å². The molecule has 1 amide bonds. The van der Waals surface area contributed by atoms with Crippen LogP contribution in [0, 0.1) is 0 Å². The molecule has 0 aliphatic carbocycles. The van der Waals surface area contributed by atoms with Crippen LogP contribution in [0.2, 0.25) is 0 Å². The molecule has 1 aromatic carbocycles.